The van der Waals surface area contributed by atoms with Crippen molar-refractivity contribution >= 4 is 28.8 Å². The molecule has 5 heteroatoms. The highest BCUT2D eigenvalue weighted by Gasteiger charge is 2.04. The zero-order chi connectivity index (χ0) is 14.8. The number of ether oxygens (including phenoxy) is 1. The molecule has 0 fully saturated rings. The fourth-order valence-corrected chi connectivity index (χ4v) is 1.82. The van der Waals surface area contributed by atoms with Gasteiger partial charge in [-0.3, -0.25) is 4.79 Å². The van der Waals surface area contributed by atoms with E-state index in [0.29, 0.717) is 23.7 Å². The van der Waals surface area contributed by atoms with Crippen molar-refractivity contribution in [2.24, 2.45) is 5.73 Å². The molecule has 1 aromatic carbocycles. The number of rotatable bonds is 9. The maximum Gasteiger partial charge on any atom is 0.226 e. The van der Waals surface area contributed by atoms with Crippen molar-refractivity contribution in [3.05, 3.63) is 29.8 Å². The first-order valence-corrected chi connectivity index (χ1v) is 7.31. The number of nitrogens with two attached hydrogens (primary N) is 1. The van der Waals surface area contributed by atoms with Gasteiger partial charge in [-0.15, -0.1) is 0 Å². The lowest BCUT2D eigenvalue weighted by atomic mass is 10.2. The Morgan fingerprint density at radius 1 is 1.35 bits per heavy atom. The summed E-state index contributed by atoms with van der Waals surface area (Å²) in [6.45, 7) is 3.32. The van der Waals surface area contributed by atoms with E-state index < -0.39 is 0 Å². The van der Waals surface area contributed by atoms with E-state index in [-0.39, 0.29) is 5.91 Å². The fraction of sp³-hybridized carbons (Fsp3) is 0.467. The van der Waals surface area contributed by atoms with Crippen molar-refractivity contribution in [3.63, 3.8) is 0 Å². The van der Waals surface area contributed by atoms with Gasteiger partial charge in [-0.2, -0.15) is 0 Å². The van der Waals surface area contributed by atoms with Crippen LogP contribution in [0.1, 0.15) is 38.2 Å². The molecule has 1 amide bonds. The summed E-state index contributed by atoms with van der Waals surface area (Å²) in [5, 5.41) is 2.81. The Morgan fingerprint density at radius 2 is 2.15 bits per heavy atom. The molecule has 0 aliphatic carbocycles. The van der Waals surface area contributed by atoms with Crippen LogP contribution in [0.25, 0.3) is 0 Å². The molecule has 4 nitrogen and oxygen atoms in total. The summed E-state index contributed by atoms with van der Waals surface area (Å²) in [6, 6.07) is 7.20. The maximum absolute atomic E-state index is 11.7. The third-order valence-corrected chi connectivity index (χ3v) is 3.03. The quantitative estimate of drug-likeness (QED) is 0.543. The molecule has 20 heavy (non-hydrogen) atoms. The van der Waals surface area contributed by atoms with Crippen LogP contribution in [0.5, 0.6) is 0 Å². The first kappa shape index (κ1) is 16.6. The average Bonchev–Trinajstić information content (AvgIpc) is 2.43. The van der Waals surface area contributed by atoms with Gasteiger partial charge in [0.05, 0.1) is 13.0 Å². The van der Waals surface area contributed by atoms with Crippen molar-refractivity contribution in [1.29, 1.82) is 0 Å². The Balaban J connectivity index is 2.28. The number of anilines is 1. The van der Waals surface area contributed by atoms with Crippen LogP contribution >= 0.6 is 12.2 Å². The highest BCUT2D eigenvalue weighted by molar-refractivity contribution is 7.80. The van der Waals surface area contributed by atoms with Crippen LogP contribution in [0.15, 0.2) is 24.3 Å². The summed E-state index contributed by atoms with van der Waals surface area (Å²) in [7, 11) is 0. The predicted molar refractivity (Wildman–Crippen MR) is 85.9 cm³/mol. The summed E-state index contributed by atoms with van der Waals surface area (Å²) in [5.41, 5.74) is 6.99. The molecule has 110 valence electrons. The molecule has 0 aliphatic rings. The van der Waals surface area contributed by atoms with Gasteiger partial charge in [0.1, 0.15) is 4.99 Å². The minimum Gasteiger partial charge on any atom is -0.389 e. The van der Waals surface area contributed by atoms with Gasteiger partial charge >= 0.3 is 0 Å². The second-order valence-electron chi connectivity index (χ2n) is 4.56. The van der Waals surface area contributed by atoms with E-state index in [0.717, 1.165) is 25.0 Å². The van der Waals surface area contributed by atoms with Crippen molar-refractivity contribution in [3.8, 4) is 0 Å². The summed E-state index contributed by atoms with van der Waals surface area (Å²) in [6.07, 6.45) is 3.73. The predicted octanol–water partition coefficient (Wildman–Crippen LogP) is 2.86. The summed E-state index contributed by atoms with van der Waals surface area (Å²) < 4.78 is 5.40. The van der Waals surface area contributed by atoms with Crippen molar-refractivity contribution < 1.29 is 9.53 Å². The zero-order valence-corrected chi connectivity index (χ0v) is 12.7. The molecule has 1 aromatic rings. The Hall–Kier alpha value is -1.46. The lowest BCUT2D eigenvalue weighted by molar-refractivity contribution is -0.117. The van der Waals surface area contributed by atoms with Crippen LogP contribution < -0.4 is 11.1 Å². The van der Waals surface area contributed by atoms with E-state index in [1.165, 1.54) is 6.42 Å². The van der Waals surface area contributed by atoms with E-state index in [4.69, 9.17) is 22.7 Å². The Bertz CT molecular complexity index is 449. The van der Waals surface area contributed by atoms with Gasteiger partial charge in [0, 0.05) is 17.9 Å². The van der Waals surface area contributed by atoms with E-state index in [1.54, 1.807) is 6.07 Å². The summed E-state index contributed by atoms with van der Waals surface area (Å²) in [4.78, 5) is 12.0. The summed E-state index contributed by atoms with van der Waals surface area (Å²) in [5.74, 6) is -0.0689. The van der Waals surface area contributed by atoms with Crippen molar-refractivity contribution in [2.45, 2.75) is 32.6 Å². The van der Waals surface area contributed by atoms with E-state index in [9.17, 15) is 4.79 Å². The van der Waals surface area contributed by atoms with Crippen LogP contribution in [0.3, 0.4) is 0 Å². The second-order valence-corrected chi connectivity index (χ2v) is 5.00. The smallest absolute Gasteiger partial charge is 0.226 e. The molecule has 0 bridgehead atoms. The van der Waals surface area contributed by atoms with Gasteiger partial charge in [0.15, 0.2) is 0 Å². The number of unbranched alkanes of at least 4 members (excludes halogenated alkanes) is 2. The normalized spacial score (nSPS) is 10.2. The number of amides is 1. The molecule has 0 aromatic heterocycles. The average molecular weight is 294 g/mol. The monoisotopic (exact) mass is 294 g/mol. The molecule has 3 N–H and O–H groups in total. The molecule has 0 atom stereocenters. The zero-order valence-electron chi connectivity index (χ0n) is 11.9. The number of carbonyl (C=O) groups excluding carboxylic acids is 1. The minimum atomic E-state index is -0.0689. The molecule has 0 aliphatic heterocycles. The third-order valence-electron chi connectivity index (χ3n) is 2.80. The van der Waals surface area contributed by atoms with Crippen LogP contribution in [0.2, 0.25) is 0 Å². The van der Waals surface area contributed by atoms with Gasteiger partial charge < -0.3 is 15.8 Å². The first-order chi connectivity index (χ1) is 9.63. The number of carbonyl (C=O) groups is 1. The third kappa shape index (κ3) is 6.63. The second kappa shape index (κ2) is 9.44. The summed E-state index contributed by atoms with van der Waals surface area (Å²) >= 11 is 4.90. The minimum absolute atomic E-state index is 0.0689. The molecule has 1 rings (SSSR count). The van der Waals surface area contributed by atoms with Crippen LogP contribution in [0.4, 0.5) is 5.69 Å². The first-order valence-electron chi connectivity index (χ1n) is 6.91. The molecule has 0 spiro atoms. The maximum atomic E-state index is 11.7. The number of thiocarbonyl (C=S) groups is 1. The Kier molecular flexibility index (Phi) is 7.84. The van der Waals surface area contributed by atoms with E-state index in [2.05, 4.69) is 12.2 Å². The molecular formula is C15H22N2O2S. The molecule has 0 radical (unpaired) electrons. The van der Waals surface area contributed by atoms with Gasteiger partial charge in [0.2, 0.25) is 5.91 Å². The standard InChI is InChI=1S/C15H22N2O2S/c1-2-3-4-9-19-10-8-14(18)17-13-7-5-6-12(11-13)15(16)20/h5-7,11H,2-4,8-10H2,1H3,(H2,16,20)(H,17,18). The number of nitrogens with one attached hydrogen (secondary N) is 1. The van der Waals surface area contributed by atoms with Crippen LogP contribution in [0, 0.1) is 0 Å². The molecule has 0 heterocycles. The lowest BCUT2D eigenvalue weighted by Gasteiger charge is -2.07. The molecule has 0 unspecified atom stereocenters. The van der Waals surface area contributed by atoms with E-state index in [1.807, 2.05) is 18.2 Å². The van der Waals surface area contributed by atoms with Gasteiger partial charge in [-0.05, 0) is 18.6 Å². The van der Waals surface area contributed by atoms with Gasteiger partial charge in [-0.25, -0.2) is 0 Å². The topological polar surface area (TPSA) is 64.3 Å². The largest absolute Gasteiger partial charge is 0.389 e. The Labute approximate surface area is 125 Å². The highest BCUT2D eigenvalue weighted by atomic mass is 32.1. The van der Waals surface area contributed by atoms with Gasteiger partial charge in [-0.1, -0.05) is 44.1 Å². The molecular weight excluding hydrogens is 272 g/mol. The number of benzene rings is 1. The fourth-order valence-electron chi connectivity index (χ4n) is 1.69. The van der Waals surface area contributed by atoms with Gasteiger partial charge in [0.25, 0.3) is 0 Å². The Morgan fingerprint density at radius 3 is 2.85 bits per heavy atom. The van der Waals surface area contributed by atoms with Crippen LogP contribution in [-0.4, -0.2) is 24.1 Å². The molecule has 0 saturated carbocycles. The van der Waals surface area contributed by atoms with Crippen molar-refractivity contribution in [1.82, 2.24) is 0 Å². The molecule has 0 saturated heterocycles. The van der Waals surface area contributed by atoms with Crippen LogP contribution in [-0.2, 0) is 9.53 Å². The van der Waals surface area contributed by atoms with E-state index >= 15 is 0 Å². The number of hydrogen-bond acceptors (Lipinski definition) is 3. The number of hydrogen-bond donors (Lipinski definition) is 2. The highest BCUT2D eigenvalue weighted by Crippen LogP contribution is 2.11. The lowest BCUT2D eigenvalue weighted by Crippen LogP contribution is -2.15. The van der Waals surface area contributed by atoms with Crippen molar-refractivity contribution in [2.75, 3.05) is 18.5 Å². The SMILES string of the molecule is CCCCCOCCC(=O)Nc1cccc(C(N)=S)c1.